The molecule has 0 unspecified atom stereocenters. The molecule has 0 aliphatic carbocycles. The van der Waals surface area contributed by atoms with Crippen LogP contribution in [0.1, 0.15) is 5.69 Å². The Morgan fingerprint density at radius 1 is 1.38 bits per heavy atom. The molecule has 66 valence electrons. The van der Waals surface area contributed by atoms with E-state index in [1.54, 1.807) is 11.0 Å². The van der Waals surface area contributed by atoms with Crippen LogP contribution in [0, 0.1) is 0 Å². The standard InChI is InChI=1S/C8H7BrN4/c9-8-3-1-2-7(12-8)4-13-6-10-5-11-13/h1-3,5-6H,4H2. The fourth-order valence-electron chi connectivity index (χ4n) is 1.02. The van der Waals surface area contributed by atoms with Crippen LogP contribution >= 0.6 is 15.9 Å². The van der Waals surface area contributed by atoms with E-state index in [4.69, 9.17) is 0 Å². The molecule has 0 spiro atoms. The first-order chi connectivity index (χ1) is 6.34. The highest BCUT2D eigenvalue weighted by Crippen LogP contribution is 2.06. The Bertz CT molecular complexity index is 385. The minimum atomic E-state index is 0.652. The summed E-state index contributed by atoms with van der Waals surface area (Å²) in [5.41, 5.74) is 0.958. The zero-order valence-corrected chi connectivity index (χ0v) is 8.35. The van der Waals surface area contributed by atoms with Crippen molar-refractivity contribution in [2.24, 2.45) is 0 Å². The molecule has 0 aliphatic heterocycles. The van der Waals surface area contributed by atoms with E-state index in [9.17, 15) is 0 Å². The van der Waals surface area contributed by atoms with Crippen molar-refractivity contribution in [2.45, 2.75) is 6.54 Å². The molecule has 0 bridgehead atoms. The summed E-state index contributed by atoms with van der Waals surface area (Å²) in [4.78, 5) is 8.13. The number of hydrogen-bond donors (Lipinski definition) is 0. The molecule has 0 aromatic carbocycles. The summed E-state index contributed by atoms with van der Waals surface area (Å²) in [5, 5.41) is 3.99. The van der Waals surface area contributed by atoms with E-state index in [1.807, 2.05) is 18.2 Å². The Morgan fingerprint density at radius 2 is 2.31 bits per heavy atom. The van der Waals surface area contributed by atoms with Gasteiger partial charge in [0.05, 0.1) is 12.2 Å². The van der Waals surface area contributed by atoms with Crippen molar-refractivity contribution < 1.29 is 0 Å². The predicted molar refractivity (Wildman–Crippen MR) is 51.1 cm³/mol. The van der Waals surface area contributed by atoms with Crippen molar-refractivity contribution in [1.29, 1.82) is 0 Å². The van der Waals surface area contributed by atoms with Gasteiger partial charge in [0, 0.05) is 0 Å². The molecular formula is C8H7BrN4. The normalized spacial score (nSPS) is 10.2. The Kier molecular flexibility index (Phi) is 2.35. The molecule has 0 fully saturated rings. The molecular weight excluding hydrogens is 232 g/mol. The second kappa shape index (κ2) is 3.66. The van der Waals surface area contributed by atoms with Crippen LogP contribution in [0.5, 0.6) is 0 Å². The van der Waals surface area contributed by atoms with E-state index in [0.29, 0.717) is 6.54 Å². The minimum Gasteiger partial charge on any atom is -0.247 e. The maximum absolute atomic E-state index is 4.28. The lowest BCUT2D eigenvalue weighted by atomic mass is 10.3. The van der Waals surface area contributed by atoms with E-state index in [0.717, 1.165) is 10.3 Å². The van der Waals surface area contributed by atoms with Gasteiger partial charge < -0.3 is 0 Å². The SMILES string of the molecule is Brc1cccc(Cn2cncn2)n1. The molecule has 5 heteroatoms. The van der Waals surface area contributed by atoms with Gasteiger partial charge in [-0.1, -0.05) is 6.07 Å². The summed E-state index contributed by atoms with van der Waals surface area (Å²) < 4.78 is 2.57. The highest BCUT2D eigenvalue weighted by molar-refractivity contribution is 9.10. The van der Waals surface area contributed by atoms with E-state index >= 15 is 0 Å². The molecule has 2 aromatic heterocycles. The van der Waals surface area contributed by atoms with Gasteiger partial charge in [0.25, 0.3) is 0 Å². The second-order valence-corrected chi connectivity index (χ2v) is 3.36. The van der Waals surface area contributed by atoms with Gasteiger partial charge in [-0.05, 0) is 28.1 Å². The molecule has 0 atom stereocenters. The van der Waals surface area contributed by atoms with Crippen molar-refractivity contribution in [3.8, 4) is 0 Å². The van der Waals surface area contributed by atoms with Crippen molar-refractivity contribution in [3.63, 3.8) is 0 Å². The first-order valence-electron chi connectivity index (χ1n) is 3.78. The van der Waals surface area contributed by atoms with Crippen LogP contribution in [0.25, 0.3) is 0 Å². The summed E-state index contributed by atoms with van der Waals surface area (Å²) >= 11 is 3.31. The van der Waals surface area contributed by atoms with Gasteiger partial charge in [-0.3, -0.25) is 0 Å². The molecule has 0 saturated carbocycles. The summed E-state index contributed by atoms with van der Waals surface area (Å²) in [5.74, 6) is 0. The fourth-order valence-corrected chi connectivity index (χ4v) is 1.40. The molecule has 0 N–H and O–H groups in total. The molecule has 2 rings (SSSR count). The van der Waals surface area contributed by atoms with Crippen molar-refractivity contribution >= 4 is 15.9 Å². The predicted octanol–water partition coefficient (Wildman–Crippen LogP) is 1.48. The quantitative estimate of drug-likeness (QED) is 0.745. The van der Waals surface area contributed by atoms with Gasteiger partial charge in [-0.25, -0.2) is 14.6 Å². The Labute approximate surface area is 83.8 Å². The van der Waals surface area contributed by atoms with Gasteiger partial charge in [0.1, 0.15) is 17.3 Å². The third-order valence-corrected chi connectivity index (χ3v) is 2.01. The van der Waals surface area contributed by atoms with E-state index in [2.05, 4.69) is 31.0 Å². The third kappa shape index (κ3) is 2.12. The molecule has 4 nitrogen and oxygen atoms in total. The number of aromatic nitrogens is 4. The van der Waals surface area contributed by atoms with E-state index < -0.39 is 0 Å². The van der Waals surface area contributed by atoms with E-state index in [-0.39, 0.29) is 0 Å². The van der Waals surface area contributed by atoms with Crippen LogP contribution in [-0.2, 0) is 6.54 Å². The molecule has 0 amide bonds. The maximum atomic E-state index is 4.28. The second-order valence-electron chi connectivity index (χ2n) is 2.54. The zero-order chi connectivity index (χ0) is 9.10. The van der Waals surface area contributed by atoms with Gasteiger partial charge in [-0.15, -0.1) is 0 Å². The Balaban J connectivity index is 2.19. The molecule has 2 heterocycles. The monoisotopic (exact) mass is 238 g/mol. The lowest BCUT2D eigenvalue weighted by molar-refractivity contribution is 0.670. The lowest BCUT2D eigenvalue weighted by Gasteiger charge is -1.99. The fraction of sp³-hybridized carbons (Fsp3) is 0.125. The summed E-state index contributed by atoms with van der Waals surface area (Å²) in [6.07, 6.45) is 3.18. The zero-order valence-electron chi connectivity index (χ0n) is 6.76. The van der Waals surface area contributed by atoms with Gasteiger partial charge >= 0.3 is 0 Å². The van der Waals surface area contributed by atoms with Crippen LogP contribution in [0.3, 0.4) is 0 Å². The number of hydrogen-bond acceptors (Lipinski definition) is 3. The molecule has 0 aliphatic rings. The average Bonchev–Trinajstić information content (AvgIpc) is 2.57. The molecule has 2 aromatic rings. The topological polar surface area (TPSA) is 43.6 Å². The highest BCUT2D eigenvalue weighted by Gasteiger charge is 1.96. The van der Waals surface area contributed by atoms with Crippen molar-refractivity contribution in [1.82, 2.24) is 19.7 Å². The molecule has 0 saturated heterocycles. The van der Waals surface area contributed by atoms with Crippen LogP contribution in [0.2, 0.25) is 0 Å². The van der Waals surface area contributed by atoms with Crippen LogP contribution < -0.4 is 0 Å². The van der Waals surface area contributed by atoms with E-state index in [1.165, 1.54) is 6.33 Å². The molecule has 13 heavy (non-hydrogen) atoms. The third-order valence-electron chi connectivity index (χ3n) is 1.56. The van der Waals surface area contributed by atoms with Gasteiger partial charge in [-0.2, -0.15) is 5.10 Å². The number of rotatable bonds is 2. The van der Waals surface area contributed by atoms with Crippen LogP contribution in [0.4, 0.5) is 0 Å². The Morgan fingerprint density at radius 3 is 3.00 bits per heavy atom. The van der Waals surface area contributed by atoms with Crippen molar-refractivity contribution in [2.75, 3.05) is 0 Å². The summed E-state index contributed by atoms with van der Waals surface area (Å²) in [6, 6.07) is 5.79. The maximum Gasteiger partial charge on any atom is 0.137 e. The van der Waals surface area contributed by atoms with Gasteiger partial charge in [0.15, 0.2) is 0 Å². The smallest absolute Gasteiger partial charge is 0.137 e. The van der Waals surface area contributed by atoms with Crippen LogP contribution in [0.15, 0.2) is 35.5 Å². The Hall–Kier alpha value is -1.23. The summed E-state index contributed by atoms with van der Waals surface area (Å²) in [7, 11) is 0. The molecule has 0 radical (unpaired) electrons. The number of pyridine rings is 1. The van der Waals surface area contributed by atoms with Gasteiger partial charge in [0.2, 0.25) is 0 Å². The average molecular weight is 239 g/mol. The number of halogens is 1. The summed E-state index contributed by atoms with van der Waals surface area (Å²) in [6.45, 7) is 0.652. The number of nitrogens with zero attached hydrogens (tertiary/aromatic N) is 4. The largest absolute Gasteiger partial charge is 0.247 e. The lowest BCUT2D eigenvalue weighted by Crippen LogP contribution is -2.01. The first kappa shape index (κ1) is 8.37. The first-order valence-corrected chi connectivity index (χ1v) is 4.58. The minimum absolute atomic E-state index is 0.652. The van der Waals surface area contributed by atoms with Crippen LogP contribution in [-0.4, -0.2) is 19.7 Å². The van der Waals surface area contributed by atoms with Crippen molar-refractivity contribution in [3.05, 3.63) is 41.2 Å². The highest BCUT2D eigenvalue weighted by atomic mass is 79.9.